The summed E-state index contributed by atoms with van der Waals surface area (Å²) in [6, 6.07) is 13.9. The second-order valence-electron chi connectivity index (χ2n) is 6.19. The Kier molecular flexibility index (Phi) is 4.33. The van der Waals surface area contributed by atoms with E-state index < -0.39 is 0 Å². The molecular weight excluding hydrogens is 442 g/mol. The molecule has 0 aliphatic carbocycles. The van der Waals surface area contributed by atoms with E-state index in [2.05, 4.69) is 38.0 Å². The van der Waals surface area contributed by atoms with Crippen LogP contribution in [0.4, 0.5) is 0 Å². The second-order valence-corrected chi connectivity index (χ2v) is 8.07. The molecule has 4 aromatic rings. The molecule has 2 aromatic heterocycles. The Bertz CT molecular complexity index is 1240. The minimum absolute atomic E-state index is 0.170. The van der Waals surface area contributed by atoms with Gasteiger partial charge in [-0.25, -0.2) is 9.97 Å². The number of H-pyrrole nitrogens is 1. The molecule has 0 fully saturated rings. The summed E-state index contributed by atoms with van der Waals surface area (Å²) in [6.07, 6.45) is 1.66. The Morgan fingerprint density at radius 2 is 1.96 bits per heavy atom. The topological polar surface area (TPSA) is 88.8 Å². The second kappa shape index (κ2) is 6.99. The number of benzene rings is 2. The first-order valence-electron chi connectivity index (χ1n) is 8.48. The van der Waals surface area contributed by atoms with Crippen molar-refractivity contribution >= 4 is 38.9 Å². The summed E-state index contributed by atoms with van der Waals surface area (Å²) in [6.45, 7) is 0.862. The Morgan fingerprint density at radius 1 is 1.18 bits per heavy atom. The number of fused-ring (bicyclic) bond motifs is 2. The Hall–Kier alpha value is -2.78. The van der Waals surface area contributed by atoms with Crippen LogP contribution in [-0.4, -0.2) is 26.3 Å². The number of rotatable bonds is 4. The SMILES string of the molecule is N=c1ncn(Cc2ccccc2)c2nc(Sc3cc4c(cc3Br)OCO4)[nH]c12. The van der Waals surface area contributed by atoms with Crippen LogP contribution in [-0.2, 0) is 6.54 Å². The molecule has 0 saturated carbocycles. The zero-order chi connectivity index (χ0) is 19.1. The normalized spacial score (nSPS) is 12.6. The summed E-state index contributed by atoms with van der Waals surface area (Å²) < 4.78 is 13.7. The van der Waals surface area contributed by atoms with Crippen molar-refractivity contribution in [2.24, 2.45) is 0 Å². The maximum absolute atomic E-state index is 8.12. The highest BCUT2D eigenvalue weighted by Crippen LogP contribution is 2.42. The van der Waals surface area contributed by atoms with Crippen LogP contribution < -0.4 is 15.0 Å². The number of nitrogens with zero attached hydrogens (tertiary/aromatic N) is 3. The molecular formula is C19H14BrN5O2S. The summed E-state index contributed by atoms with van der Waals surface area (Å²) >= 11 is 5.03. The number of hydrogen-bond acceptors (Lipinski definition) is 6. The number of aromatic amines is 1. The van der Waals surface area contributed by atoms with E-state index >= 15 is 0 Å². The van der Waals surface area contributed by atoms with Gasteiger partial charge in [-0.15, -0.1) is 0 Å². The van der Waals surface area contributed by atoms with Crippen molar-refractivity contribution < 1.29 is 9.47 Å². The smallest absolute Gasteiger partial charge is 0.231 e. The first-order valence-corrected chi connectivity index (χ1v) is 10.1. The third kappa shape index (κ3) is 3.16. The molecule has 0 unspecified atom stereocenters. The van der Waals surface area contributed by atoms with Gasteiger partial charge in [-0.1, -0.05) is 42.1 Å². The van der Waals surface area contributed by atoms with Crippen LogP contribution in [0.3, 0.4) is 0 Å². The summed E-state index contributed by atoms with van der Waals surface area (Å²) in [7, 11) is 0. The molecule has 2 N–H and O–H groups in total. The zero-order valence-electron chi connectivity index (χ0n) is 14.5. The maximum Gasteiger partial charge on any atom is 0.231 e. The number of nitrogens with one attached hydrogen (secondary N) is 2. The van der Waals surface area contributed by atoms with Crippen molar-refractivity contribution in [2.45, 2.75) is 16.6 Å². The lowest BCUT2D eigenvalue weighted by molar-refractivity contribution is 0.174. The fourth-order valence-corrected chi connectivity index (χ4v) is 4.37. The van der Waals surface area contributed by atoms with E-state index in [9.17, 15) is 0 Å². The minimum atomic E-state index is 0.170. The van der Waals surface area contributed by atoms with Gasteiger partial charge < -0.3 is 19.0 Å². The lowest BCUT2D eigenvalue weighted by Crippen LogP contribution is -2.13. The number of halogens is 1. The molecule has 7 nitrogen and oxygen atoms in total. The number of ether oxygens (including phenoxy) is 2. The largest absolute Gasteiger partial charge is 0.454 e. The third-order valence-electron chi connectivity index (χ3n) is 4.33. The Morgan fingerprint density at radius 3 is 2.79 bits per heavy atom. The molecule has 28 heavy (non-hydrogen) atoms. The fraction of sp³-hybridized carbons (Fsp3) is 0.105. The van der Waals surface area contributed by atoms with Crippen molar-refractivity contribution in [2.75, 3.05) is 6.79 Å². The van der Waals surface area contributed by atoms with Crippen LogP contribution in [0.15, 0.2) is 63.3 Å². The summed E-state index contributed by atoms with van der Waals surface area (Å²) in [5.41, 5.74) is 2.62. The summed E-state index contributed by atoms with van der Waals surface area (Å²) in [4.78, 5) is 13.1. The first-order chi connectivity index (χ1) is 13.7. The van der Waals surface area contributed by atoms with Crippen LogP contribution in [0.1, 0.15) is 5.56 Å². The molecule has 3 heterocycles. The summed E-state index contributed by atoms with van der Waals surface area (Å²) in [5.74, 6) is 1.43. The number of hydrogen-bond donors (Lipinski definition) is 2. The van der Waals surface area contributed by atoms with Crippen LogP contribution in [0.5, 0.6) is 11.5 Å². The van der Waals surface area contributed by atoms with E-state index in [1.165, 1.54) is 11.8 Å². The van der Waals surface area contributed by atoms with Gasteiger partial charge in [0.05, 0.1) is 12.9 Å². The number of aromatic nitrogens is 4. The fourth-order valence-electron chi connectivity index (χ4n) is 2.99. The van der Waals surface area contributed by atoms with Crippen LogP contribution in [0, 0.1) is 5.41 Å². The molecule has 1 aliphatic rings. The maximum atomic E-state index is 8.12. The van der Waals surface area contributed by atoms with E-state index in [0.717, 1.165) is 20.7 Å². The van der Waals surface area contributed by atoms with Gasteiger partial charge in [0.15, 0.2) is 27.8 Å². The van der Waals surface area contributed by atoms with E-state index in [4.69, 9.17) is 19.9 Å². The van der Waals surface area contributed by atoms with E-state index in [1.54, 1.807) is 6.33 Å². The van der Waals surface area contributed by atoms with Crippen LogP contribution >= 0.6 is 27.7 Å². The monoisotopic (exact) mass is 455 g/mol. The van der Waals surface area contributed by atoms with Crippen molar-refractivity contribution in [1.29, 1.82) is 5.41 Å². The van der Waals surface area contributed by atoms with Gasteiger partial charge in [0.2, 0.25) is 6.79 Å². The predicted molar refractivity (Wildman–Crippen MR) is 108 cm³/mol. The van der Waals surface area contributed by atoms with Crippen molar-refractivity contribution in [1.82, 2.24) is 19.5 Å². The molecule has 5 rings (SSSR count). The Labute approximate surface area is 172 Å². The molecule has 0 saturated heterocycles. The first kappa shape index (κ1) is 17.3. The molecule has 0 amide bonds. The molecule has 2 aromatic carbocycles. The van der Waals surface area contributed by atoms with Crippen LogP contribution in [0.25, 0.3) is 11.2 Å². The quantitative estimate of drug-likeness (QED) is 0.486. The lowest BCUT2D eigenvalue weighted by Gasteiger charge is -2.06. The van der Waals surface area contributed by atoms with Gasteiger partial charge in [-0.05, 0) is 33.6 Å². The third-order valence-corrected chi connectivity index (χ3v) is 6.19. The standard InChI is InChI=1S/C19H14BrN5O2S/c20-12-6-13-14(27-10-26-13)7-15(12)28-19-23-16-17(21)22-9-25(18(16)24-19)8-11-4-2-1-3-5-11/h1-7,9,21H,8,10H2,(H,23,24). The van der Waals surface area contributed by atoms with Gasteiger partial charge in [0.1, 0.15) is 5.52 Å². The van der Waals surface area contributed by atoms with Gasteiger partial charge in [-0.2, -0.15) is 0 Å². The highest BCUT2D eigenvalue weighted by Gasteiger charge is 2.18. The molecule has 0 spiro atoms. The zero-order valence-corrected chi connectivity index (χ0v) is 16.9. The average molecular weight is 456 g/mol. The summed E-state index contributed by atoms with van der Waals surface area (Å²) in [5, 5.41) is 8.80. The lowest BCUT2D eigenvalue weighted by atomic mass is 10.2. The van der Waals surface area contributed by atoms with E-state index in [1.807, 2.05) is 34.9 Å². The molecule has 0 atom stereocenters. The van der Waals surface area contributed by atoms with Crippen molar-refractivity contribution in [3.8, 4) is 11.5 Å². The molecule has 1 aliphatic heterocycles. The Balaban J connectivity index is 1.52. The molecule has 9 heteroatoms. The van der Waals surface area contributed by atoms with E-state index in [-0.39, 0.29) is 12.3 Å². The van der Waals surface area contributed by atoms with Crippen LogP contribution in [0.2, 0.25) is 0 Å². The van der Waals surface area contributed by atoms with Crippen molar-refractivity contribution in [3.05, 3.63) is 64.3 Å². The number of imidazole rings is 1. The van der Waals surface area contributed by atoms with Crippen molar-refractivity contribution in [3.63, 3.8) is 0 Å². The average Bonchev–Trinajstić information content (AvgIpc) is 3.32. The molecule has 140 valence electrons. The predicted octanol–water partition coefficient (Wildman–Crippen LogP) is 3.93. The minimum Gasteiger partial charge on any atom is -0.454 e. The van der Waals surface area contributed by atoms with Gasteiger partial charge >= 0.3 is 0 Å². The van der Waals surface area contributed by atoms with Gasteiger partial charge in [-0.3, -0.25) is 5.41 Å². The van der Waals surface area contributed by atoms with Gasteiger partial charge in [0.25, 0.3) is 0 Å². The molecule has 0 radical (unpaired) electrons. The highest BCUT2D eigenvalue weighted by atomic mass is 79.9. The van der Waals surface area contributed by atoms with E-state index in [0.29, 0.717) is 28.6 Å². The molecule has 0 bridgehead atoms. The van der Waals surface area contributed by atoms with Gasteiger partial charge in [0, 0.05) is 9.37 Å². The highest BCUT2D eigenvalue weighted by molar-refractivity contribution is 9.10.